The van der Waals surface area contributed by atoms with Crippen molar-refractivity contribution in [3.8, 4) is 0 Å². The molecule has 0 spiro atoms. The van der Waals surface area contributed by atoms with E-state index in [1.807, 2.05) is 26.1 Å². The van der Waals surface area contributed by atoms with Crippen LogP contribution in [0, 0.1) is 25.2 Å². The number of carbonyl (C=O) groups is 1. The zero-order chi connectivity index (χ0) is 14.2. The van der Waals surface area contributed by atoms with E-state index in [1.165, 1.54) is 0 Å². The molecule has 20 heavy (non-hydrogen) atoms. The van der Waals surface area contributed by atoms with Gasteiger partial charge in [0.2, 0.25) is 5.91 Å². The molecule has 3 heterocycles. The average molecular weight is 275 g/mol. The van der Waals surface area contributed by atoms with Crippen LogP contribution in [0.15, 0.2) is 12.3 Å². The Morgan fingerprint density at radius 2 is 2.40 bits per heavy atom. The lowest BCUT2D eigenvalue weighted by Gasteiger charge is -2.37. The molecule has 0 saturated carbocycles. The molecule has 5 nitrogen and oxygen atoms in total. The minimum atomic E-state index is -0.325. The largest absolute Gasteiger partial charge is 0.381 e. The van der Waals surface area contributed by atoms with Gasteiger partial charge in [-0.3, -0.25) is 9.78 Å². The molecule has 3 rings (SSSR count). The second-order valence-electron chi connectivity index (χ2n) is 5.91. The number of nitrogens with one attached hydrogen (secondary N) is 2. The summed E-state index contributed by atoms with van der Waals surface area (Å²) in [6.45, 7) is 6.83. The van der Waals surface area contributed by atoms with Gasteiger partial charge >= 0.3 is 0 Å². The molecule has 0 unspecified atom stereocenters. The highest BCUT2D eigenvalue weighted by Crippen LogP contribution is 2.39. The van der Waals surface area contributed by atoms with Crippen LogP contribution in [0.2, 0.25) is 0 Å². The first-order chi connectivity index (χ1) is 9.62. The average Bonchev–Trinajstić information content (AvgIpc) is 2.88. The van der Waals surface area contributed by atoms with Gasteiger partial charge in [0.1, 0.15) is 0 Å². The van der Waals surface area contributed by atoms with Crippen LogP contribution in [0.25, 0.3) is 0 Å². The number of hydrogen-bond donors (Lipinski definition) is 2. The minimum Gasteiger partial charge on any atom is -0.381 e. The van der Waals surface area contributed by atoms with Crippen molar-refractivity contribution in [3.63, 3.8) is 0 Å². The number of rotatable bonds is 2. The van der Waals surface area contributed by atoms with E-state index in [4.69, 9.17) is 4.74 Å². The molecule has 2 saturated heterocycles. The van der Waals surface area contributed by atoms with E-state index in [2.05, 4.69) is 15.6 Å². The standard InChI is InChI=1S/C15H21N3O2/c1-10-5-13(11(2)17-6-10)18-14(19)15-3-4-20-8-12(15)7-16-9-15/h5-6,12,16H,3-4,7-9H2,1-2H3,(H,18,19)/t12-,15+/m0/s1. The SMILES string of the molecule is Cc1cnc(C)c(NC(=O)[C@@]23CCOC[C@@H]2CNC3)c1. The van der Waals surface area contributed by atoms with Crippen LogP contribution in [-0.4, -0.2) is 37.2 Å². The van der Waals surface area contributed by atoms with Crippen LogP contribution < -0.4 is 10.6 Å². The van der Waals surface area contributed by atoms with E-state index in [0.717, 1.165) is 36.5 Å². The Kier molecular flexibility index (Phi) is 3.48. The van der Waals surface area contributed by atoms with Gasteiger partial charge < -0.3 is 15.4 Å². The maximum absolute atomic E-state index is 12.8. The predicted molar refractivity (Wildman–Crippen MR) is 76.6 cm³/mol. The van der Waals surface area contributed by atoms with E-state index in [-0.39, 0.29) is 17.2 Å². The van der Waals surface area contributed by atoms with Crippen LogP contribution in [0.1, 0.15) is 17.7 Å². The number of amides is 1. The summed E-state index contributed by atoms with van der Waals surface area (Å²) in [7, 11) is 0. The molecule has 2 atom stereocenters. The van der Waals surface area contributed by atoms with Crippen molar-refractivity contribution in [2.75, 3.05) is 31.6 Å². The van der Waals surface area contributed by atoms with Gasteiger partial charge in [0.05, 0.1) is 23.4 Å². The van der Waals surface area contributed by atoms with Gasteiger partial charge in [0.25, 0.3) is 0 Å². The summed E-state index contributed by atoms with van der Waals surface area (Å²) in [5.74, 6) is 0.376. The third-order valence-corrected chi connectivity index (χ3v) is 4.55. The topological polar surface area (TPSA) is 63.2 Å². The van der Waals surface area contributed by atoms with Crippen molar-refractivity contribution < 1.29 is 9.53 Å². The highest BCUT2D eigenvalue weighted by molar-refractivity contribution is 5.96. The van der Waals surface area contributed by atoms with E-state index in [0.29, 0.717) is 13.2 Å². The van der Waals surface area contributed by atoms with Crippen molar-refractivity contribution in [1.29, 1.82) is 0 Å². The first kappa shape index (κ1) is 13.5. The van der Waals surface area contributed by atoms with Gasteiger partial charge in [-0.15, -0.1) is 0 Å². The lowest BCUT2D eigenvalue weighted by molar-refractivity contribution is -0.133. The third-order valence-electron chi connectivity index (χ3n) is 4.55. The lowest BCUT2D eigenvalue weighted by atomic mass is 9.73. The second-order valence-corrected chi connectivity index (χ2v) is 5.91. The Labute approximate surface area is 119 Å². The van der Waals surface area contributed by atoms with E-state index in [9.17, 15) is 4.79 Å². The van der Waals surface area contributed by atoms with Gasteiger partial charge in [-0.1, -0.05) is 0 Å². The van der Waals surface area contributed by atoms with Gasteiger partial charge in [-0.2, -0.15) is 0 Å². The maximum Gasteiger partial charge on any atom is 0.232 e. The molecule has 5 heteroatoms. The fourth-order valence-electron chi connectivity index (χ4n) is 3.19. The molecule has 108 valence electrons. The van der Waals surface area contributed by atoms with Gasteiger partial charge in [0, 0.05) is 31.8 Å². The molecular formula is C15H21N3O2. The number of nitrogens with zero attached hydrogens (tertiary/aromatic N) is 1. The molecular weight excluding hydrogens is 254 g/mol. The van der Waals surface area contributed by atoms with Crippen molar-refractivity contribution in [2.24, 2.45) is 11.3 Å². The lowest BCUT2D eigenvalue weighted by Crippen LogP contribution is -2.47. The monoisotopic (exact) mass is 275 g/mol. The predicted octanol–water partition coefficient (Wildman–Crippen LogP) is 1.26. The summed E-state index contributed by atoms with van der Waals surface area (Å²) in [5, 5.41) is 6.43. The molecule has 2 aliphatic heterocycles. The molecule has 2 N–H and O–H groups in total. The number of fused-ring (bicyclic) bond motifs is 1. The first-order valence-electron chi connectivity index (χ1n) is 7.15. The molecule has 0 bridgehead atoms. The zero-order valence-corrected chi connectivity index (χ0v) is 12.0. The number of carbonyl (C=O) groups excluding carboxylic acids is 1. The van der Waals surface area contributed by atoms with Gasteiger partial charge in [-0.05, 0) is 31.9 Å². The summed E-state index contributed by atoms with van der Waals surface area (Å²) in [6.07, 6.45) is 2.60. The number of ether oxygens (including phenoxy) is 1. The number of anilines is 1. The summed E-state index contributed by atoms with van der Waals surface area (Å²) in [6, 6.07) is 1.98. The van der Waals surface area contributed by atoms with E-state index >= 15 is 0 Å². The Hall–Kier alpha value is -1.46. The van der Waals surface area contributed by atoms with E-state index < -0.39 is 0 Å². The molecule has 1 amide bonds. The van der Waals surface area contributed by atoms with Crippen molar-refractivity contribution in [3.05, 3.63) is 23.5 Å². The molecule has 0 aliphatic carbocycles. The van der Waals surface area contributed by atoms with Crippen molar-refractivity contribution in [2.45, 2.75) is 20.3 Å². The fourth-order valence-corrected chi connectivity index (χ4v) is 3.19. The summed E-state index contributed by atoms with van der Waals surface area (Å²) in [5.41, 5.74) is 2.40. The Morgan fingerprint density at radius 3 is 3.25 bits per heavy atom. The van der Waals surface area contributed by atoms with E-state index in [1.54, 1.807) is 0 Å². The van der Waals surface area contributed by atoms with Crippen molar-refractivity contribution >= 4 is 11.6 Å². The molecule has 2 fully saturated rings. The second kappa shape index (κ2) is 5.14. The fraction of sp³-hybridized carbons (Fsp3) is 0.600. The Balaban J connectivity index is 1.83. The third kappa shape index (κ3) is 2.21. The number of pyridine rings is 1. The quantitative estimate of drug-likeness (QED) is 0.853. The number of aryl methyl sites for hydroxylation is 2. The molecule has 0 radical (unpaired) electrons. The number of aromatic nitrogens is 1. The summed E-state index contributed by atoms with van der Waals surface area (Å²) < 4.78 is 5.52. The smallest absolute Gasteiger partial charge is 0.232 e. The highest BCUT2D eigenvalue weighted by Gasteiger charge is 2.50. The molecule has 0 aromatic carbocycles. The van der Waals surface area contributed by atoms with Crippen LogP contribution in [-0.2, 0) is 9.53 Å². The van der Waals surface area contributed by atoms with Gasteiger partial charge in [0.15, 0.2) is 0 Å². The zero-order valence-electron chi connectivity index (χ0n) is 12.0. The van der Waals surface area contributed by atoms with Crippen LogP contribution in [0.4, 0.5) is 5.69 Å². The van der Waals surface area contributed by atoms with Crippen LogP contribution in [0.3, 0.4) is 0 Å². The summed E-state index contributed by atoms with van der Waals surface area (Å²) >= 11 is 0. The summed E-state index contributed by atoms with van der Waals surface area (Å²) in [4.78, 5) is 17.1. The Morgan fingerprint density at radius 1 is 1.55 bits per heavy atom. The van der Waals surface area contributed by atoms with Crippen LogP contribution >= 0.6 is 0 Å². The highest BCUT2D eigenvalue weighted by atomic mass is 16.5. The molecule has 2 aliphatic rings. The minimum absolute atomic E-state index is 0.103. The van der Waals surface area contributed by atoms with Gasteiger partial charge in [-0.25, -0.2) is 0 Å². The van der Waals surface area contributed by atoms with Crippen LogP contribution in [0.5, 0.6) is 0 Å². The Bertz CT molecular complexity index is 532. The van der Waals surface area contributed by atoms with Crippen molar-refractivity contribution in [1.82, 2.24) is 10.3 Å². The molecule has 1 aromatic heterocycles. The molecule has 1 aromatic rings. The normalized spacial score (nSPS) is 29.0. The maximum atomic E-state index is 12.8. The number of hydrogen-bond acceptors (Lipinski definition) is 4. The first-order valence-corrected chi connectivity index (χ1v) is 7.15.